The molecule has 1 aliphatic carbocycles. The Morgan fingerprint density at radius 1 is 1.20 bits per heavy atom. The molecule has 208 valence electrons. The molecule has 2 aromatic heterocycles. The summed E-state index contributed by atoms with van der Waals surface area (Å²) in [5, 5.41) is 0.748. The fraction of sp³-hybridized carbons (Fsp3) is 0.375. The molecule has 0 saturated heterocycles. The second-order valence-corrected chi connectivity index (χ2v) is 12.6. The van der Waals surface area contributed by atoms with E-state index in [9.17, 15) is 4.79 Å². The molecule has 2 aromatic carbocycles. The van der Waals surface area contributed by atoms with Crippen LogP contribution in [0.2, 0.25) is 0 Å². The highest BCUT2D eigenvalue weighted by atomic mass is 32.1. The SMILES string of the molecule is C=CCc1cc(-c2nc3sc4c(c3c(=O)[nH]2)CCC(C(C)(C)C)C4)cc(OC)c1OCc1ccc2c(c1)OCO2. The number of nitrogens with zero attached hydrogens (tertiary/aromatic N) is 1. The van der Waals surface area contributed by atoms with Crippen molar-refractivity contribution in [3.05, 3.63) is 74.9 Å². The summed E-state index contributed by atoms with van der Waals surface area (Å²) in [6.07, 6.45) is 5.41. The summed E-state index contributed by atoms with van der Waals surface area (Å²) in [4.78, 5) is 23.5. The number of benzene rings is 2. The number of methoxy groups -OCH3 is 1. The molecule has 1 aliphatic heterocycles. The minimum Gasteiger partial charge on any atom is -0.493 e. The van der Waals surface area contributed by atoms with E-state index in [4.69, 9.17) is 23.9 Å². The highest BCUT2D eigenvalue weighted by molar-refractivity contribution is 7.18. The van der Waals surface area contributed by atoms with Crippen LogP contribution in [0.3, 0.4) is 0 Å². The predicted molar refractivity (Wildman–Crippen MR) is 158 cm³/mol. The van der Waals surface area contributed by atoms with E-state index >= 15 is 0 Å². The van der Waals surface area contributed by atoms with Gasteiger partial charge in [0.2, 0.25) is 6.79 Å². The van der Waals surface area contributed by atoms with Crippen molar-refractivity contribution in [1.29, 1.82) is 0 Å². The summed E-state index contributed by atoms with van der Waals surface area (Å²) in [5.41, 5.74) is 3.95. The second-order valence-electron chi connectivity index (χ2n) is 11.5. The fourth-order valence-electron chi connectivity index (χ4n) is 5.67. The van der Waals surface area contributed by atoms with E-state index in [0.717, 1.165) is 51.9 Å². The van der Waals surface area contributed by atoms with Crippen LogP contribution in [-0.2, 0) is 25.9 Å². The number of rotatable bonds is 7. The topological polar surface area (TPSA) is 82.7 Å². The Labute approximate surface area is 237 Å². The maximum atomic E-state index is 13.4. The maximum absolute atomic E-state index is 13.4. The number of hydrogen-bond donors (Lipinski definition) is 1. The van der Waals surface area contributed by atoms with Crippen molar-refractivity contribution >= 4 is 21.6 Å². The molecule has 0 amide bonds. The van der Waals surface area contributed by atoms with E-state index in [1.165, 1.54) is 10.4 Å². The number of aromatic nitrogens is 2. The van der Waals surface area contributed by atoms with Crippen LogP contribution in [0.15, 0.2) is 47.8 Å². The third-order valence-electron chi connectivity index (χ3n) is 7.95. The van der Waals surface area contributed by atoms with Crippen LogP contribution in [0.5, 0.6) is 23.0 Å². The normalized spacial score (nSPS) is 16.1. The lowest BCUT2D eigenvalue weighted by Crippen LogP contribution is -2.26. The molecule has 4 aromatic rings. The minimum atomic E-state index is -0.0842. The van der Waals surface area contributed by atoms with Crippen LogP contribution in [0.25, 0.3) is 21.6 Å². The zero-order chi connectivity index (χ0) is 28.0. The number of allylic oxidation sites excluding steroid dienone is 1. The lowest BCUT2D eigenvalue weighted by atomic mass is 9.72. The summed E-state index contributed by atoms with van der Waals surface area (Å²) in [6.45, 7) is 11.4. The van der Waals surface area contributed by atoms with Crippen LogP contribution in [0, 0.1) is 11.3 Å². The third kappa shape index (κ3) is 4.85. The van der Waals surface area contributed by atoms with Gasteiger partial charge < -0.3 is 23.9 Å². The van der Waals surface area contributed by atoms with E-state index in [-0.39, 0.29) is 17.8 Å². The van der Waals surface area contributed by atoms with Gasteiger partial charge in [-0.15, -0.1) is 17.9 Å². The number of thiophene rings is 1. The summed E-state index contributed by atoms with van der Waals surface area (Å²) in [7, 11) is 1.61. The Kier molecular flexibility index (Phi) is 6.82. The Hall–Kier alpha value is -3.78. The molecule has 0 radical (unpaired) electrons. The molecule has 7 nitrogen and oxygen atoms in total. The van der Waals surface area contributed by atoms with Gasteiger partial charge in [0.25, 0.3) is 5.56 Å². The van der Waals surface area contributed by atoms with Gasteiger partial charge in [-0.3, -0.25) is 4.79 Å². The first-order valence-electron chi connectivity index (χ1n) is 13.6. The molecule has 1 unspecified atom stereocenters. The van der Waals surface area contributed by atoms with E-state index in [1.54, 1.807) is 18.4 Å². The first-order chi connectivity index (χ1) is 19.2. The van der Waals surface area contributed by atoms with E-state index < -0.39 is 0 Å². The van der Waals surface area contributed by atoms with Gasteiger partial charge in [-0.05, 0) is 72.4 Å². The van der Waals surface area contributed by atoms with Crippen LogP contribution in [0.4, 0.5) is 0 Å². The molecule has 40 heavy (non-hydrogen) atoms. The average Bonchev–Trinajstić information content (AvgIpc) is 3.55. The number of aryl methyl sites for hydroxylation is 1. The van der Waals surface area contributed by atoms with E-state index in [1.807, 2.05) is 36.4 Å². The molecule has 0 spiro atoms. The first-order valence-corrected chi connectivity index (χ1v) is 14.4. The smallest absolute Gasteiger partial charge is 0.260 e. The van der Waals surface area contributed by atoms with Crippen molar-refractivity contribution in [2.75, 3.05) is 13.9 Å². The summed E-state index contributed by atoms with van der Waals surface area (Å²) in [5.74, 6) is 3.77. The third-order valence-corrected chi connectivity index (χ3v) is 9.10. The predicted octanol–water partition coefficient (Wildman–Crippen LogP) is 6.85. The zero-order valence-electron chi connectivity index (χ0n) is 23.4. The lowest BCUT2D eigenvalue weighted by Gasteiger charge is -2.33. The Morgan fingerprint density at radius 3 is 2.80 bits per heavy atom. The summed E-state index contributed by atoms with van der Waals surface area (Å²) in [6, 6.07) is 9.62. The van der Waals surface area contributed by atoms with Gasteiger partial charge in [-0.25, -0.2) is 4.98 Å². The van der Waals surface area contributed by atoms with Crippen molar-refractivity contribution in [2.45, 2.75) is 53.1 Å². The van der Waals surface area contributed by atoms with Crippen molar-refractivity contribution in [3.8, 4) is 34.4 Å². The van der Waals surface area contributed by atoms with Gasteiger partial charge in [0, 0.05) is 16.0 Å². The number of nitrogens with one attached hydrogen (secondary N) is 1. The number of ether oxygens (including phenoxy) is 4. The van der Waals surface area contributed by atoms with Crippen molar-refractivity contribution in [2.24, 2.45) is 11.3 Å². The zero-order valence-corrected chi connectivity index (χ0v) is 24.2. The van der Waals surface area contributed by atoms with Crippen molar-refractivity contribution in [3.63, 3.8) is 0 Å². The van der Waals surface area contributed by atoms with Gasteiger partial charge in [0.1, 0.15) is 17.3 Å². The summed E-state index contributed by atoms with van der Waals surface area (Å²) < 4.78 is 22.9. The molecule has 2 aliphatic rings. The van der Waals surface area contributed by atoms with E-state index in [0.29, 0.717) is 42.0 Å². The molecule has 6 rings (SSSR count). The molecule has 0 saturated carbocycles. The number of fused-ring (bicyclic) bond motifs is 4. The Balaban J connectivity index is 1.34. The van der Waals surface area contributed by atoms with Crippen LogP contribution in [0.1, 0.15) is 48.8 Å². The van der Waals surface area contributed by atoms with Crippen LogP contribution < -0.4 is 24.5 Å². The average molecular weight is 559 g/mol. The molecule has 1 N–H and O–H groups in total. The quantitative estimate of drug-likeness (QED) is 0.250. The number of aromatic amines is 1. The van der Waals surface area contributed by atoms with Crippen molar-refractivity contribution in [1.82, 2.24) is 9.97 Å². The molecule has 1 atom stereocenters. The van der Waals surface area contributed by atoms with E-state index in [2.05, 4.69) is 32.3 Å². The maximum Gasteiger partial charge on any atom is 0.260 e. The van der Waals surface area contributed by atoms with Gasteiger partial charge in [0.05, 0.1) is 12.5 Å². The number of hydrogen-bond acceptors (Lipinski definition) is 7. The highest BCUT2D eigenvalue weighted by Crippen LogP contribution is 2.43. The van der Waals surface area contributed by atoms with Gasteiger partial charge >= 0.3 is 0 Å². The van der Waals surface area contributed by atoms with Crippen LogP contribution >= 0.6 is 11.3 Å². The highest BCUT2D eigenvalue weighted by Gasteiger charge is 2.32. The standard InChI is InChI=1S/C32H34N2O5S/c1-6-7-19-13-20(14-25(36-5)28(19)37-16-18-8-11-23-24(12-18)39-17-38-23)29-33-30(35)27-22-10-9-21(32(2,3)4)15-26(22)40-31(27)34-29/h6,8,11-14,21H,1,7,9-10,15-17H2,2-5H3,(H,33,34,35). The summed E-state index contributed by atoms with van der Waals surface area (Å²) >= 11 is 1.66. The van der Waals surface area contributed by atoms with Gasteiger partial charge in [-0.1, -0.05) is 32.9 Å². The van der Waals surface area contributed by atoms with Gasteiger partial charge in [0.15, 0.2) is 23.0 Å². The van der Waals surface area contributed by atoms with Crippen molar-refractivity contribution < 1.29 is 18.9 Å². The minimum absolute atomic E-state index is 0.0842. The second kappa shape index (κ2) is 10.3. The van der Waals surface area contributed by atoms with Gasteiger partial charge in [-0.2, -0.15) is 0 Å². The van der Waals surface area contributed by atoms with Crippen LogP contribution in [-0.4, -0.2) is 23.9 Å². The first kappa shape index (κ1) is 26.4. The molecular formula is C32H34N2O5S. The Bertz CT molecular complexity index is 1660. The molecule has 0 bridgehead atoms. The fourth-order valence-corrected chi connectivity index (χ4v) is 6.97. The largest absolute Gasteiger partial charge is 0.493 e. The Morgan fingerprint density at radius 2 is 2.02 bits per heavy atom. The number of H-pyrrole nitrogens is 1. The monoisotopic (exact) mass is 558 g/mol. The molecular weight excluding hydrogens is 524 g/mol. The molecule has 8 heteroatoms. The lowest BCUT2D eigenvalue weighted by molar-refractivity contribution is 0.174. The molecule has 3 heterocycles. The molecule has 0 fully saturated rings.